The maximum Gasteiger partial charge on any atom is 0.122 e. The number of benzene rings is 2. The van der Waals surface area contributed by atoms with Crippen molar-refractivity contribution in [3.05, 3.63) is 65.7 Å². The van der Waals surface area contributed by atoms with Crippen molar-refractivity contribution in [2.45, 2.75) is 51.2 Å². The Hall–Kier alpha value is -1.84. The molecule has 3 heteroatoms. The minimum atomic E-state index is 0.101. The Morgan fingerprint density at radius 3 is 2.59 bits per heavy atom. The van der Waals surface area contributed by atoms with E-state index in [1.54, 1.807) is 7.11 Å². The number of hydrogen-bond donors (Lipinski definition) is 1. The minimum Gasteiger partial charge on any atom is -0.496 e. The average Bonchev–Trinajstić information content (AvgIpc) is 2.72. The van der Waals surface area contributed by atoms with Gasteiger partial charge in [0.25, 0.3) is 0 Å². The summed E-state index contributed by atoms with van der Waals surface area (Å²) in [6, 6.07) is 19.1. The van der Waals surface area contributed by atoms with E-state index in [4.69, 9.17) is 9.47 Å². The van der Waals surface area contributed by atoms with Gasteiger partial charge in [0.2, 0.25) is 0 Å². The van der Waals surface area contributed by atoms with Crippen molar-refractivity contribution in [3.8, 4) is 5.75 Å². The van der Waals surface area contributed by atoms with Gasteiger partial charge in [-0.15, -0.1) is 0 Å². The van der Waals surface area contributed by atoms with Crippen molar-refractivity contribution in [3.63, 3.8) is 0 Å². The molecule has 0 bridgehead atoms. The summed E-state index contributed by atoms with van der Waals surface area (Å²) in [5.74, 6) is 1.53. The van der Waals surface area contributed by atoms with E-state index in [1.807, 2.05) is 0 Å². The van der Waals surface area contributed by atoms with Crippen LogP contribution < -0.4 is 10.1 Å². The molecule has 2 unspecified atom stereocenters. The van der Waals surface area contributed by atoms with Gasteiger partial charge in [0.15, 0.2) is 0 Å². The molecule has 2 aromatic rings. The average molecular weight is 368 g/mol. The Balaban J connectivity index is 1.75. The van der Waals surface area contributed by atoms with Crippen LogP contribution >= 0.6 is 0 Å². The Kier molecular flexibility index (Phi) is 6.92. The highest BCUT2D eigenvalue weighted by molar-refractivity contribution is 5.40. The SMILES string of the molecule is COc1ccccc1C1(CCNCc2ccccc2)CCOC(C(C)C)C1. The summed E-state index contributed by atoms with van der Waals surface area (Å²) < 4.78 is 11.8. The molecule has 0 aliphatic carbocycles. The number of para-hydroxylation sites is 1. The zero-order chi connectivity index (χ0) is 19.1. The molecule has 1 fully saturated rings. The summed E-state index contributed by atoms with van der Waals surface area (Å²) in [6.45, 7) is 7.23. The lowest BCUT2D eigenvalue weighted by atomic mass is 9.68. The van der Waals surface area contributed by atoms with E-state index in [1.165, 1.54) is 11.1 Å². The smallest absolute Gasteiger partial charge is 0.122 e. The lowest BCUT2D eigenvalue weighted by molar-refractivity contribution is -0.0473. The third-order valence-corrected chi connectivity index (χ3v) is 5.88. The van der Waals surface area contributed by atoms with Gasteiger partial charge in [0.1, 0.15) is 5.75 Å². The molecule has 0 radical (unpaired) electrons. The van der Waals surface area contributed by atoms with Crippen LogP contribution in [0.2, 0.25) is 0 Å². The van der Waals surface area contributed by atoms with Crippen LogP contribution in [0.25, 0.3) is 0 Å². The van der Waals surface area contributed by atoms with E-state index in [0.717, 1.165) is 44.7 Å². The number of nitrogens with one attached hydrogen (secondary N) is 1. The molecule has 1 saturated heterocycles. The van der Waals surface area contributed by atoms with Crippen LogP contribution in [-0.4, -0.2) is 26.4 Å². The third-order valence-electron chi connectivity index (χ3n) is 5.88. The highest BCUT2D eigenvalue weighted by Gasteiger charge is 2.40. The summed E-state index contributed by atoms with van der Waals surface area (Å²) in [5, 5.41) is 3.64. The molecule has 1 N–H and O–H groups in total. The monoisotopic (exact) mass is 367 g/mol. The number of methoxy groups -OCH3 is 1. The van der Waals surface area contributed by atoms with Crippen molar-refractivity contribution in [2.24, 2.45) is 5.92 Å². The number of rotatable bonds is 8. The molecular formula is C24H33NO2. The van der Waals surface area contributed by atoms with E-state index in [-0.39, 0.29) is 5.41 Å². The van der Waals surface area contributed by atoms with Crippen LogP contribution in [0.4, 0.5) is 0 Å². The largest absolute Gasteiger partial charge is 0.496 e. The zero-order valence-corrected chi connectivity index (χ0v) is 16.9. The molecule has 3 nitrogen and oxygen atoms in total. The second-order valence-corrected chi connectivity index (χ2v) is 8.00. The lowest BCUT2D eigenvalue weighted by Crippen LogP contribution is -2.42. The summed E-state index contributed by atoms with van der Waals surface area (Å²) in [4.78, 5) is 0. The Bertz CT molecular complexity index is 701. The molecule has 27 heavy (non-hydrogen) atoms. The molecule has 0 amide bonds. The fourth-order valence-electron chi connectivity index (χ4n) is 4.23. The van der Waals surface area contributed by atoms with Gasteiger partial charge in [-0.2, -0.15) is 0 Å². The predicted octanol–water partition coefficient (Wildman–Crippen LogP) is 4.95. The van der Waals surface area contributed by atoms with Gasteiger partial charge < -0.3 is 14.8 Å². The van der Waals surface area contributed by atoms with Crippen LogP contribution in [0.1, 0.15) is 44.2 Å². The van der Waals surface area contributed by atoms with E-state index in [9.17, 15) is 0 Å². The quantitative estimate of drug-likeness (QED) is 0.670. The Labute approximate surface area is 164 Å². The third kappa shape index (κ3) is 4.91. The van der Waals surface area contributed by atoms with E-state index in [0.29, 0.717) is 12.0 Å². The number of hydrogen-bond acceptors (Lipinski definition) is 3. The molecular weight excluding hydrogens is 334 g/mol. The first-order chi connectivity index (χ1) is 13.1. The molecule has 0 aromatic heterocycles. The van der Waals surface area contributed by atoms with E-state index in [2.05, 4.69) is 73.8 Å². The zero-order valence-electron chi connectivity index (χ0n) is 16.9. The Morgan fingerprint density at radius 1 is 1.11 bits per heavy atom. The topological polar surface area (TPSA) is 30.5 Å². The van der Waals surface area contributed by atoms with Gasteiger partial charge >= 0.3 is 0 Å². The minimum absolute atomic E-state index is 0.101. The normalized spacial score (nSPS) is 22.7. The van der Waals surface area contributed by atoms with Gasteiger partial charge in [-0.3, -0.25) is 0 Å². The standard InChI is InChI=1S/C24H33NO2/c1-19(2)23-17-24(14-16-27-23,21-11-7-8-12-22(21)26-3)13-15-25-18-20-9-5-4-6-10-20/h4-12,19,23,25H,13-18H2,1-3H3. The van der Waals surface area contributed by atoms with Crippen LogP contribution in [0, 0.1) is 5.92 Å². The first kappa shape index (κ1) is 19.9. The highest BCUT2D eigenvalue weighted by Crippen LogP contribution is 2.45. The van der Waals surface area contributed by atoms with Crippen molar-refractivity contribution >= 4 is 0 Å². The summed E-state index contributed by atoms with van der Waals surface area (Å²) in [6.07, 6.45) is 3.49. The molecule has 3 rings (SSSR count). The molecule has 0 saturated carbocycles. The molecule has 2 aromatic carbocycles. The molecule has 1 aliphatic heterocycles. The number of ether oxygens (including phenoxy) is 2. The first-order valence-electron chi connectivity index (χ1n) is 10.1. The van der Waals surface area contributed by atoms with Crippen LogP contribution in [0.5, 0.6) is 5.75 Å². The first-order valence-corrected chi connectivity index (χ1v) is 10.1. The highest BCUT2D eigenvalue weighted by atomic mass is 16.5. The maximum absolute atomic E-state index is 6.10. The van der Waals surface area contributed by atoms with Crippen LogP contribution in [-0.2, 0) is 16.7 Å². The van der Waals surface area contributed by atoms with Gasteiger partial charge in [0, 0.05) is 24.1 Å². The van der Waals surface area contributed by atoms with Gasteiger partial charge in [-0.25, -0.2) is 0 Å². The van der Waals surface area contributed by atoms with Crippen molar-refractivity contribution in [2.75, 3.05) is 20.3 Å². The summed E-state index contributed by atoms with van der Waals surface area (Å²) >= 11 is 0. The lowest BCUT2D eigenvalue weighted by Gasteiger charge is -2.43. The molecule has 146 valence electrons. The van der Waals surface area contributed by atoms with E-state index < -0.39 is 0 Å². The fraction of sp³-hybridized carbons (Fsp3) is 0.500. The van der Waals surface area contributed by atoms with Gasteiger partial charge in [-0.1, -0.05) is 62.4 Å². The molecule has 2 atom stereocenters. The summed E-state index contributed by atoms with van der Waals surface area (Å²) in [7, 11) is 1.78. The Morgan fingerprint density at radius 2 is 1.85 bits per heavy atom. The predicted molar refractivity (Wildman–Crippen MR) is 111 cm³/mol. The second kappa shape index (κ2) is 9.38. The van der Waals surface area contributed by atoms with Gasteiger partial charge in [0.05, 0.1) is 13.2 Å². The molecule has 1 aliphatic rings. The molecule has 0 spiro atoms. The van der Waals surface area contributed by atoms with Crippen molar-refractivity contribution < 1.29 is 9.47 Å². The summed E-state index contributed by atoms with van der Waals surface area (Å²) in [5.41, 5.74) is 2.77. The van der Waals surface area contributed by atoms with Crippen molar-refractivity contribution in [1.29, 1.82) is 0 Å². The second-order valence-electron chi connectivity index (χ2n) is 8.00. The van der Waals surface area contributed by atoms with Crippen LogP contribution in [0.15, 0.2) is 54.6 Å². The van der Waals surface area contributed by atoms with E-state index >= 15 is 0 Å². The van der Waals surface area contributed by atoms with Crippen molar-refractivity contribution in [1.82, 2.24) is 5.32 Å². The maximum atomic E-state index is 6.10. The molecule has 1 heterocycles. The van der Waals surface area contributed by atoms with Gasteiger partial charge in [-0.05, 0) is 43.4 Å². The fourth-order valence-corrected chi connectivity index (χ4v) is 4.23. The van der Waals surface area contributed by atoms with Crippen LogP contribution in [0.3, 0.4) is 0 Å².